The first-order valence-electron chi connectivity index (χ1n) is 9.38. The van der Waals surface area contributed by atoms with Crippen LogP contribution in [0, 0.1) is 0 Å². The van der Waals surface area contributed by atoms with E-state index in [-0.39, 0.29) is 11.5 Å². The third-order valence-electron chi connectivity index (χ3n) is 4.48. The van der Waals surface area contributed by atoms with E-state index < -0.39 is 17.7 Å². The van der Waals surface area contributed by atoms with Crippen molar-refractivity contribution in [3.63, 3.8) is 0 Å². The molecule has 0 atom stereocenters. The standard InChI is InChI=1S/C20H25N3O5/c1-20(2)27-18(25)16(19(26)28-20)12-21-14-6-8-15(9-7-14)22-17(24)13-23-10-4-3-5-11-23/h6-9,12,21H,3-5,10-11,13H2,1-2H3,(H,22,24). The number of amides is 1. The fourth-order valence-electron chi connectivity index (χ4n) is 3.10. The van der Waals surface area contributed by atoms with E-state index in [0.29, 0.717) is 17.9 Å². The smallest absolute Gasteiger partial charge is 0.350 e. The fourth-order valence-corrected chi connectivity index (χ4v) is 3.10. The SMILES string of the molecule is CC1(C)OC(=O)C(=CNc2ccc(NC(=O)CN3CCCCC3)cc2)C(=O)O1. The maximum Gasteiger partial charge on any atom is 0.350 e. The minimum atomic E-state index is -1.26. The number of rotatable bonds is 5. The van der Waals surface area contributed by atoms with Crippen LogP contribution >= 0.6 is 0 Å². The van der Waals surface area contributed by atoms with E-state index in [1.54, 1.807) is 24.3 Å². The monoisotopic (exact) mass is 387 g/mol. The Labute approximate surface area is 163 Å². The third kappa shape index (κ3) is 5.32. The second-order valence-corrected chi connectivity index (χ2v) is 7.34. The van der Waals surface area contributed by atoms with Crippen molar-refractivity contribution < 1.29 is 23.9 Å². The number of carbonyl (C=O) groups is 3. The van der Waals surface area contributed by atoms with Crippen LogP contribution in [0.25, 0.3) is 0 Å². The molecule has 0 unspecified atom stereocenters. The van der Waals surface area contributed by atoms with Crippen LogP contribution in [0.15, 0.2) is 36.0 Å². The Balaban J connectivity index is 1.53. The van der Waals surface area contributed by atoms with Crippen LogP contribution in [0.2, 0.25) is 0 Å². The highest BCUT2D eigenvalue weighted by atomic mass is 16.7. The topological polar surface area (TPSA) is 97.0 Å². The van der Waals surface area contributed by atoms with Crippen LogP contribution in [0.3, 0.4) is 0 Å². The van der Waals surface area contributed by atoms with Gasteiger partial charge in [0, 0.05) is 31.4 Å². The number of ether oxygens (including phenoxy) is 2. The van der Waals surface area contributed by atoms with Crippen molar-refractivity contribution in [3.05, 3.63) is 36.0 Å². The van der Waals surface area contributed by atoms with Gasteiger partial charge in [-0.2, -0.15) is 0 Å². The molecule has 0 bridgehead atoms. The number of nitrogens with one attached hydrogen (secondary N) is 2. The molecule has 0 aromatic heterocycles. The first kappa shape index (κ1) is 19.9. The summed E-state index contributed by atoms with van der Waals surface area (Å²) in [6, 6.07) is 6.96. The zero-order chi connectivity index (χ0) is 20.1. The molecule has 0 radical (unpaired) electrons. The van der Waals surface area contributed by atoms with E-state index in [1.165, 1.54) is 26.5 Å². The summed E-state index contributed by atoms with van der Waals surface area (Å²) in [7, 11) is 0. The quantitative estimate of drug-likeness (QED) is 0.454. The van der Waals surface area contributed by atoms with Crippen LogP contribution in [0.5, 0.6) is 0 Å². The van der Waals surface area contributed by atoms with E-state index >= 15 is 0 Å². The van der Waals surface area contributed by atoms with Gasteiger partial charge in [0.15, 0.2) is 5.57 Å². The van der Waals surface area contributed by atoms with E-state index in [4.69, 9.17) is 9.47 Å². The van der Waals surface area contributed by atoms with Gasteiger partial charge in [0.05, 0.1) is 6.54 Å². The lowest BCUT2D eigenvalue weighted by molar-refractivity contribution is -0.222. The first-order chi connectivity index (χ1) is 13.3. The number of nitrogens with zero attached hydrogens (tertiary/aromatic N) is 1. The lowest BCUT2D eigenvalue weighted by atomic mass is 10.1. The molecule has 1 aromatic carbocycles. The van der Waals surface area contributed by atoms with Crippen molar-refractivity contribution in [2.45, 2.75) is 38.9 Å². The molecule has 8 heteroatoms. The van der Waals surface area contributed by atoms with Crippen molar-refractivity contribution in [2.24, 2.45) is 0 Å². The molecule has 28 heavy (non-hydrogen) atoms. The van der Waals surface area contributed by atoms with Crippen LogP contribution in [-0.4, -0.2) is 48.2 Å². The number of anilines is 2. The molecule has 2 aliphatic heterocycles. The third-order valence-corrected chi connectivity index (χ3v) is 4.48. The van der Waals surface area contributed by atoms with E-state index in [9.17, 15) is 14.4 Å². The average Bonchev–Trinajstić information content (AvgIpc) is 2.62. The largest absolute Gasteiger partial charge is 0.419 e. The summed E-state index contributed by atoms with van der Waals surface area (Å²) in [6.45, 7) is 5.31. The molecule has 2 saturated heterocycles. The normalized spacial score (nSPS) is 19.4. The second-order valence-electron chi connectivity index (χ2n) is 7.34. The summed E-state index contributed by atoms with van der Waals surface area (Å²) < 4.78 is 10.1. The van der Waals surface area contributed by atoms with Crippen LogP contribution in [0.4, 0.5) is 11.4 Å². The van der Waals surface area contributed by atoms with Crippen molar-refractivity contribution in [3.8, 4) is 0 Å². The Morgan fingerprint density at radius 1 is 1.04 bits per heavy atom. The molecule has 1 aromatic rings. The van der Waals surface area contributed by atoms with Gasteiger partial charge >= 0.3 is 11.9 Å². The predicted octanol–water partition coefficient (Wildman–Crippen LogP) is 2.24. The minimum Gasteiger partial charge on any atom is -0.419 e. The molecule has 1 amide bonds. The maximum absolute atomic E-state index is 12.1. The Bertz CT molecular complexity index is 758. The highest BCUT2D eigenvalue weighted by Gasteiger charge is 2.38. The summed E-state index contributed by atoms with van der Waals surface area (Å²) in [5.41, 5.74) is 1.11. The molecule has 8 nitrogen and oxygen atoms in total. The number of esters is 2. The molecule has 0 spiro atoms. The molecule has 2 N–H and O–H groups in total. The Kier molecular flexibility index (Phi) is 5.99. The molecule has 2 fully saturated rings. The van der Waals surface area contributed by atoms with Gasteiger partial charge in [0.2, 0.25) is 5.91 Å². The lowest BCUT2D eigenvalue weighted by Crippen LogP contribution is -2.42. The number of hydrogen-bond donors (Lipinski definition) is 2. The lowest BCUT2D eigenvalue weighted by Gasteiger charge is -2.29. The fraction of sp³-hybridized carbons (Fsp3) is 0.450. The van der Waals surface area contributed by atoms with Gasteiger partial charge in [0.25, 0.3) is 5.79 Å². The van der Waals surface area contributed by atoms with Crippen LogP contribution in [0.1, 0.15) is 33.1 Å². The van der Waals surface area contributed by atoms with E-state index in [0.717, 1.165) is 25.9 Å². The predicted molar refractivity (Wildman–Crippen MR) is 103 cm³/mol. The van der Waals surface area contributed by atoms with Crippen LogP contribution < -0.4 is 10.6 Å². The maximum atomic E-state index is 12.1. The van der Waals surface area contributed by atoms with Crippen molar-refractivity contribution in [1.29, 1.82) is 0 Å². The molecule has 0 aliphatic carbocycles. The molecular weight excluding hydrogens is 362 g/mol. The average molecular weight is 387 g/mol. The number of piperidine rings is 1. The summed E-state index contributed by atoms with van der Waals surface area (Å²) in [4.78, 5) is 38.1. The summed E-state index contributed by atoms with van der Waals surface area (Å²) in [6.07, 6.45) is 4.77. The minimum absolute atomic E-state index is 0.0416. The molecule has 2 aliphatic rings. The first-order valence-corrected chi connectivity index (χ1v) is 9.38. The molecule has 3 rings (SSSR count). The van der Waals surface area contributed by atoms with Gasteiger partial charge in [0.1, 0.15) is 0 Å². The van der Waals surface area contributed by atoms with Gasteiger partial charge in [-0.05, 0) is 50.2 Å². The van der Waals surface area contributed by atoms with Gasteiger partial charge in [-0.1, -0.05) is 6.42 Å². The van der Waals surface area contributed by atoms with E-state index in [1.807, 2.05) is 0 Å². The van der Waals surface area contributed by atoms with Gasteiger partial charge in [-0.15, -0.1) is 0 Å². The summed E-state index contributed by atoms with van der Waals surface area (Å²) in [5, 5.41) is 5.74. The molecule has 0 saturated carbocycles. The Morgan fingerprint density at radius 3 is 2.21 bits per heavy atom. The zero-order valence-corrected chi connectivity index (χ0v) is 16.1. The number of benzene rings is 1. The number of carbonyl (C=O) groups excluding carboxylic acids is 3. The zero-order valence-electron chi connectivity index (χ0n) is 16.1. The van der Waals surface area contributed by atoms with Crippen molar-refractivity contribution >= 4 is 29.2 Å². The second kappa shape index (κ2) is 8.43. The summed E-state index contributed by atoms with van der Waals surface area (Å²) >= 11 is 0. The molecule has 150 valence electrons. The number of cyclic esters (lactones) is 2. The number of hydrogen-bond acceptors (Lipinski definition) is 7. The van der Waals surface area contributed by atoms with Crippen molar-refractivity contribution in [1.82, 2.24) is 4.90 Å². The van der Waals surface area contributed by atoms with Gasteiger partial charge < -0.3 is 20.1 Å². The van der Waals surface area contributed by atoms with Gasteiger partial charge in [-0.3, -0.25) is 9.69 Å². The molecule has 2 heterocycles. The van der Waals surface area contributed by atoms with Gasteiger partial charge in [-0.25, -0.2) is 9.59 Å². The van der Waals surface area contributed by atoms with Crippen LogP contribution in [-0.2, 0) is 23.9 Å². The Morgan fingerprint density at radius 2 is 1.61 bits per heavy atom. The molecular formula is C20H25N3O5. The van der Waals surface area contributed by atoms with Crippen molar-refractivity contribution in [2.75, 3.05) is 30.3 Å². The highest BCUT2D eigenvalue weighted by molar-refractivity contribution is 6.15. The van der Waals surface area contributed by atoms with E-state index in [2.05, 4.69) is 15.5 Å². The number of likely N-dealkylation sites (tertiary alicyclic amines) is 1. The summed E-state index contributed by atoms with van der Waals surface area (Å²) in [5.74, 6) is -2.79. The highest BCUT2D eigenvalue weighted by Crippen LogP contribution is 2.23. The Hall–Kier alpha value is -2.87.